The Labute approximate surface area is 104 Å². The van der Waals surface area contributed by atoms with E-state index >= 15 is 0 Å². The molecule has 0 fully saturated rings. The number of nitriles is 1. The maximum Gasteiger partial charge on any atom is 0.274 e. The third kappa shape index (κ3) is 2.57. The van der Waals surface area contributed by atoms with Gasteiger partial charge in [-0.2, -0.15) is 10.2 Å². The Bertz CT molecular complexity index is 721. The molecule has 0 atom stereocenters. The highest BCUT2D eigenvalue weighted by Gasteiger charge is 2.16. The van der Waals surface area contributed by atoms with E-state index in [0.29, 0.717) is 11.3 Å². The van der Waals surface area contributed by atoms with Crippen LogP contribution in [0, 0.1) is 11.3 Å². The van der Waals surface area contributed by atoms with Gasteiger partial charge in [-0.15, -0.1) is 0 Å². The minimum absolute atomic E-state index is 0.104. The maximum atomic E-state index is 11.1. The van der Waals surface area contributed by atoms with Crippen molar-refractivity contribution in [2.75, 3.05) is 6.26 Å². The highest BCUT2D eigenvalue weighted by molar-refractivity contribution is 7.89. The highest BCUT2D eigenvalue weighted by Crippen LogP contribution is 2.19. The second-order valence-corrected chi connectivity index (χ2v) is 6.06. The average molecular weight is 266 g/mol. The molecule has 0 aliphatic carbocycles. The molecule has 8 heteroatoms. The molecule has 0 bridgehead atoms. The standard InChI is InChI=1S/C10H10N4O3S/c1-14-5-7(4-11)3-8(14)10-12-9(13-17-10)6-18(2,15)16/h3,5H,6H2,1-2H3. The van der Waals surface area contributed by atoms with E-state index in [-0.39, 0.29) is 17.5 Å². The molecule has 2 heterocycles. The SMILES string of the molecule is Cn1cc(C#N)cc1-c1nc(CS(C)(=O)=O)no1. The monoisotopic (exact) mass is 266 g/mol. The van der Waals surface area contributed by atoms with Gasteiger partial charge in [-0.3, -0.25) is 0 Å². The smallest absolute Gasteiger partial charge is 0.274 e. The van der Waals surface area contributed by atoms with Crippen LogP contribution >= 0.6 is 0 Å². The Morgan fingerprint density at radius 3 is 2.83 bits per heavy atom. The lowest BCUT2D eigenvalue weighted by molar-refractivity contribution is 0.422. The molecule has 94 valence electrons. The second kappa shape index (κ2) is 4.27. The van der Waals surface area contributed by atoms with Crippen LogP contribution in [0.15, 0.2) is 16.8 Å². The number of aryl methyl sites for hydroxylation is 1. The maximum absolute atomic E-state index is 11.1. The molecule has 0 aromatic carbocycles. The van der Waals surface area contributed by atoms with Crippen molar-refractivity contribution in [3.63, 3.8) is 0 Å². The third-order valence-corrected chi connectivity index (χ3v) is 3.00. The lowest BCUT2D eigenvalue weighted by atomic mass is 10.3. The summed E-state index contributed by atoms with van der Waals surface area (Å²) < 4.78 is 28.8. The first-order valence-electron chi connectivity index (χ1n) is 4.96. The van der Waals surface area contributed by atoms with E-state index in [4.69, 9.17) is 9.78 Å². The summed E-state index contributed by atoms with van der Waals surface area (Å²) in [6, 6.07) is 3.59. The van der Waals surface area contributed by atoms with Crippen molar-refractivity contribution in [1.82, 2.24) is 14.7 Å². The van der Waals surface area contributed by atoms with Gasteiger partial charge in [0.25, 0.3) is 5.89 Å². The molecular weight excluding hydrogens is 256 g/mol. The van der Waals surface area contributed by atoms with Gasteiger partial charge in [0.15, 0.2) is 15.7 Å². The largest absolute Gasteiger partial charge is 0.345 e. The summed E-state index contributed by atoms with van der Waals surface area (Å²) in [6.45, 7) is 0. The van der Waals surface area contributed by atoms with Gasteiger partial charge >= 0.3 is 0 Å². The third-order valence-electron chi connectivity index (χ3n) is 2.21. The van der Waals surface area contributed by atoms with Crippen molar-refractivity contribution < 1.29 is 12.9 Å². The molecule has 0 aliphatic rings. The van der Waals surface area contributed by atoms with E-state index in [0.717, 1.165) is 6.26 Å². The molecule has 7 nitrogen and oxygen atoms in total. The quantitative estimate of drug-likeness (QED) is 0.801. The zero-order valence-electron chi connectivity index (χ0n) is 9.78. The van der Waals surface area contributed by atoms with Crippen LogP contribution in [-0.4, -0.2) is 29.4 Å². The van der Waals surface area contributed by atoms with Gasteiger partial charge in [0.05, 0.1) is 5.56 Å². The summed E-state index contributed by atoms with van der Waals surface area (Å²) in [6.07, 6.45) is 2.72. The number of sulfone groups is 1. The Hall–Kier alpha value is -2.14. The molecule has 0 aliphatic heterocycles. The van der Waals surface area contributed by atoms with Gasteiger partial charge in [0, 0.05) is 19.5 Å². The van der Waals surface area contributed by atoms with Gasteiger partial charge in [0.2, 0.25) is 0 Å². The van der Waals surface area contributed by atoms with Crippen LogP contribution in [0.2, 0.25) is 0 Å². The van der Waals surface area contributed by atoms with Crippen molar-refractivity contribution in [3.05, 3.63) is 23.7 Å². The van der Waals surface area contributed by atoms with Crippen molar-refractivity contribution in [1.29, 1.82) is 5.26 Å². The van der Waals surface area contributed by atoms with Gasteiger partial charge in [-0.1, -0.05) is 5.16 Å². The van der Waals surface area contributed by atoms with Crippen molar-refractivity contribution in [2.45, 2.75) is 5.75 Å². The van der Waals surface area contributed by atoms with E-state index in [1.165, 1.54) is 0 Å². The van der Waals surface area contributed by atoms with Crippen LogP contribution in [0.1, 0.15) is 11.4 Å². The van der Waals surface area contributed by atoms with E-state index < -0.39 is 9.84 Å². The number of aromatic nitrogens is 3. The molecule has 0 saturated heterocycles. The van der Waals surface area contributed by atoms with E-state index in [1.807, 2.05) is 6.07 Å². The fourth-order valence-corrected chi connectivity index (χ4v) is 2.08. The van der Waals surface area contributed by atoms with E-state index in [1.54, 1.807) is 23.9 Å². The predicted molar refractivity (Wildman–Crippen MR) is 62.0 cm³/mol. The van der Waals surface area contributed by atoms with Gasteiger partial charge in [0.1, 0.15) is 17.5 Å². The Morgan fingerprint density at radius 1 is 1.56 bits per heavy atom. The molecule has 2 aromatic heterocycles. The molecule has 0 unspecified atom stereocenters. The van der Waals surface area contributed by atoms with Gasteiger partial charge < -0.3 is 9.09 Å². The summed E-state index contributed by atoms with van der Waals surface area (Å²) in [4.78, 5) is 3.99. The topological polar surface area (TPSA) is 102 Å². The van der Waals surface area contributed by atoms with Crippen LogP contribution < -0.4 is 0 Å². The minimum Gasteiger partial charge on any atom is -0.345 e. The van der Waals surface area contributed by atoms with Crippen molar-refractivity contribution in [2.24, 2.45) is 7.05 Å². The summed E-state index contributed by atoms with van der Waals surface area (Å²) in [5.74, 6) is 0.0244. The predicted octanol–water partition coefficient (Wildman–Crippen LogP) is 0.491. The number of rotatable bonds is 3. The molecule has 0 saturated carbocycles. The normalized spacial score (nSPS) is 11.4. The summed E-state index contributed by atoms with van der Waals surface area (Å²) in [5, 5.41) is 12.4. The lowest BCUT2D eigenvalue weighted by Crippen LogP contribution is -2.02. The lowest BCUT2D eigenvalue weighted by Gasteiger charge is -1.94. The average Bonchev–Trinajstić information content (AvgIpc) is 2.82. The van der Waals surface area contributed by atoms with Crippen LogP contribution in [0.3, 0.4) is 0 Å². The Kier molecular flexibility index (Phi) is 2.92. The highest BCUT2D eigenvalue weighted by atomic mass is 32.2. The first-order valence-corrected chi connectivity index (χ1v) is 7.02. The zero-order chi connectivity index (χ0) is 13.3. The molecule has 2 rings (SSSR count). The molecule has 0 N–H and O–H groups in total. The van der Waals surface area contributed by atoms with Crippen LogP contribution in [0.25, 0.3) is 11.6 Å². The Morgan fingerprint density at radius 2 is 2.28 bits per heavy atom. The summed E-state index contributed by atoms with van der Waals surface area (Å²) >= 11 is 0. The van der Waals surface area contributed by atoms with E-state index in [9.17, 15) is 8.42 Å². The summed E-state index contributed by atoms with van der Waals surface area (Å²) in [7, 11) is -1.47. The number of hydrogen-bond donors (Lipinski definition) is 0. The Balaban J connectivity index is 2.35. The molecule has 18 heavy (non-hydrogen) atoms. The van der Waals surface area contributed by atoms with Crippen LogP contribution in [0.5, 0.6) is 0 Å². The molecule has 2 aromatic rings. The molecule has 0 spiro atoms. The van der Waals surface area contributed by atoms with Crippen molar-refractivity contribution >= 4 is 9.84 Å². The van der Waals surface area contributed by atoms with Gasteiger partial charge in [-0.25, -0.2) is 8.42 Å². The van der Waals surface area contributed by atoms with Gasteiger partial charge in [-0.05, 0) is 6.07 Å². The minimum atomic E-state index is -3.20. The first kappa shape index (κ1) is 12.3. The first-order chi connectivity index (χ1) is 8.39. The van der Waals surface area contributed by atoms with Crippen molar-refractivity contribution in [3.8, 4) is 17.7 Å². The molecule has 0 radical (unpaired) electrons. The van der Waals surface area contributed by atoms with Crippen LogP contribution in [-0.2, 0) is 22.6 Å². The number of hydrogen-bond acceptors (Lipinski definition) is 6. The second-order valence-electron chi connectivity index (χ2n) is 3.92. The number of nitrogens with zero attached hydrogens (tertiary/aromatic N) is 4. The van der Waals surface area contributed by atoms with E-state index in [2.05, 4.69) is 10.1 Å². The van der Waals surface area contributed by atoms with Crippen LogP contribution in [0.4, 0.5) is 0 Å². The summed E-state index contributed by atoms with van der Waals surface area (Å²) in [5.41, 5.74) is 1.04. The fourth-order valence-electron chi connectivity index (χ4n) is 1.49. The zero-order valence-corrected chi connectivity index (χ0v) is 10.6. The fraction of sp³-hybridized carbons (Fsp3) is 0.300. The molecular formula is C10H10N4O3S. The molecule has 0 amide bonds.